The summed E-state index contributed by atoms with van der Waals surface area (Å²) in [7, 11) is 0. The number of hydrogen-bond acceptors (Lipinski definition) is 5. The van der Waals surface area contributed by atoms with Crippen molar-refractivity contribution >= 4 is 33.8 Å². The molecule has 1 amide bonds. The summed E-state index contributed by atoms with van der Waals surface area (Å²) in [5.74, 6) is -2.20. The van der Waals surface area contributed by atoms with Crippen LogP contribution in [0.3, 0.4) is 0 Å². The van der Waals surface area contributed by atoms with Gasteiger partial charge >= 0.3 is 11.9 Å². The molecule has 1 N–H and O–H groups in total. The second-order valence-corrected chi connectivity index (χ2v) is 8.10. The molecule has 0 aromatic heterocycles. The van der Waals surface area contributed by atoms with E-state index in [1.807, 2.05) is 42.5 Å². The van der Waals surface area contributed by atoms with Crippen molar-refractivity contribution in [3.63, 3.8) is 0 Å². The van der Waals surface area contributed by atoms with Gasteiger partial charge in [-0.2, -0.15) is 0 Å². The Hall–Kier alpha value is -2.67. The van der Waals surface area contributed by atoms with Crippen LogP contribution >= 0.6 is 15.9 Å². The summed E-state index contributed by atoms with van der Waals surface area (Å²) in [5, 5.41) is 3.43. The van der Waals surface area contributed by atoms with Crippen molar-refractivity contribution in [2.45, 2.75) is 45.6 Å². The second kappa shape index (κ2) is 12.4. The molecular weight excluding hydrogens is 474 g/mol. The standard InChI is InChI=1S/C25H30BrNO5/c1-4-31-23(29)25(27-18(3)28,24(30)32-5-2)17-20-12-7-9-15-22(20)21-14-8-6-11-19(21)13-10-16-26/h6-9,11-12,14-15H,4-5,10,13,16-17H2,1-3H3,(H,27,28). The van der Waals surface area contributed by atoms with Crippen LogP contribution in [0.25, 0.3) is 11.1 Å². The van der Waals surface area contributed by atoms with E-state index in [0.29, 0.717) is 0 Å². The predicted molar refractivity (Wildman–Crippen MR) is 128 cm³/mol. The topological polar surface area (TPSA) is 81.7 Å². The van der Waals surface area contributed by atoms with E-state index < -0.39 is 23.4 Å². The highest BCUT2D eigenvalue weighted by atomic mass is 79.9. The summed E-state index contributed by atoms with van der Waals surface area (Å²) < 4.78 is 10.4. The first-order valence-corrected chi connectivity index (χ1v) is 11.9. The van der Waals surface area contributed by atoms with E-state index in [2.05, 4.69) is 27.3 Å². The number of ether oxygens (including phenoxy) is 2. The minimum absolute atomic E-state index is 0.0661. The zero-order chi connectivity index (χ0) is 23.6. The van der Waals surface area contributed by atoms with Gasteiger partial charge in [0.1, 0.15) is 0 Å². The third-order valence-corrected chi connectivity index (χ3v) is 5.56. The van der Waals surface area contributed by atoms with Crippen LogP contribution in [-0.2, 0) is 36.7 Å². The highest BCUT2D eigenvalue weighted by Gasteiger charge is 2.50. The second-order valence-electron chi connectivity index (χ2n) is 7.31. The zero-order valence-electron chi connectivity index (χ0n) is 18.8. The van der Waals surface area contributed by atoms with Crippen LogP contribution in [0.15, 0.2) is 48.5 Å². The monoisotopic (exact) mass is 503 g/mol. The Kier molecular flexibility index (Phi) is 9.91. The average molecular weight is 504 g/mol. The van der Waals surface area contributed by atoms with E-state index in [1.165, 1.54) is 6.92 Å². The molecular formula is C25H30BrNO5. The maximum absolute atomic E-state index is 13.0. The van der Waals surface area contributed by atoms with Gasteiger partial charge in [0.2, 0.25) is 11.4 Å². The molecule has 0 unspecified atom stereocenters. The Morgan fingerprint density at radius 2 is 1.38 bits per heavy atom. The first-order chi connectivity index (χ1) is 15.4. The van der Waals surface area contributed by atoms with Gasteiger partial charge in [0.25, 0.3) is 0 Å². The maximum Gasteiger partial charge on any atom is 0.344 e. The number of esters is 2. The van der Waals surface area contributed by atoms with E-state index in [1.54, 1.807) is 13.8 Å². The number of hydrogen-bond donors (Lipinski definition) is 1. The van der Waals surface area contributed by atoms with E-state index in [9.17, 15) is 14.4 Å². The number of amides is 1. The van der Waals surface area contributed by atoms with E-state index in [-0.39, 0.29) is 19.6 Å². The molecule has 6 nitrogen and oxygen atoms in total. The van der Waals surface area contributed by atoms with Crippen LogP contribution in [0.4, 0.5) is 0 Å². The van der Waals surface area contributed by atoms with E-state index in [0.717, 1.165) is 40.4 Å². The number of aryl methyl sites for hydroxylation is 1. The molecule has 0 aliphatic carbocycles. The molecule has 7 heteroatoms. The van der Waals surface area contributed by atoms with Crippen LogP contribution in [-0.4, -0.2) is 41.9 Å². The smallest absolute Gasteiger partial charge is 0.344 e. The van der Waals surface area contributed by atoms with Gasteiger partial charge in [-0.05, 0) is 48.9 Å². The summed E-state index contributed by atoms with van der Waals surface area (Å²) >= 11 is 3.48. The SMILES string of the molecule is CCOC(=O)C(Cc1ccccc1-c1ccccc1CCCBr)(NC(C)=O)C(=O)OCC. The number of alkyl halides is 1. The normalized spacial score (nSPS) is 11.0. The van der Waals surface area contributed by atoms with Crippen LogP contribution in [0.2, 0.25) is 0 Å². The zero-order valence-corrected chi connectivity index (χ0v) is 20.4. The Bertz CT molecular complexity index is 925. The van der Waals surface area contributed by atoms with Crippen LogP contribution in [0.1, 0.15) is 38.3 Å². The summed E-state index contributed by atoms with van der Waals surface area (Å²) in [6.07, 6.45) is 1.76. The Balaban J connectivity index is 2.62. The summed E-state index contributed by atoms with van der Waals surface area (Å²) in [6.45, 7) is 4.69. The summed E-state index contributed by atoms with van der Waals surface area (Å²) in [4.78, 5) is 38.1. The lowest BCUT2D eigenvalue weighted by molar-refractivity contribution is -0.168. The third kappa shape index (κ3) is 6.19. The molecule has 0 heterocycles. The highest BCUT2D eigenvalue weighted by molar-refractivity contribution is 9.09. The highest BCUT2D eigenvalue weighted by Crippen LogP contribution is 2.31. The van der Waals surface area contributed by atoms with Crippen molar-refractivity contribution in [2.75, 3.05) is 18.5 Å². The first-order valence-electron chi connectivity index (χ1n) is 10.7. The molecule has 0 bridgehead atoms. The van der Waals surface area contributed by atoms with Crippen molar-refractivity contribution in [3.8, 4) is 11.1 Å². The van der Waals surface area contributed by atoms with Gasteiger partial charge in [0.15, 0.2) is 0 Å². The maximum atomic E-state index is 13.0. The fourth-order valence-corrected chi connectivity index (χ4v) is 3.94. The minimum atomic E-state index is -1.97. The van der Waals surface area contributed by atoms with Gasteiger partial charge in [-0.1, -0.05) is 64.5 Å². The van der Waals surface area contributed by atoms with Gasteiger partial charge in [-0.3, -0.25) is 4.79 Å². The fourth-order valence-electron chi connectivity index (χ4n) is 3.66. The first kappa shape index (κ1) is 25.6. The number of carbonyl (C=O) groups is 3. The molecule has 2 aromatic rings. The van der Waals surface area contributed by atoms with Gasteiger partial charge in [0.05, 0.1) is 13.2 Å². The van der Waals surface area contributed by atoms with Crippen molar-refractivity contribution in [1.29, 1.82) is 0 Å². The molecule has 2 aromatic carbocycles. The number of nitrogens with one attached hydrogen (secondary N) is 1. The quantitative estimate of drug-likeness (QED) is 0.282. The lowest BCUT2D eigenvalue weighted by Gasteiger charge is -2.30. The third-order valence-electron chi connectivity index (χ3n) is 5.00. The van der Waals surface area contributed by atoms with Gasteiger partial charge in [0, 0.05) is 18.7 Å². The Labute approximate surface area is 197 Å². The van der Waals surface area contributed by atoms with E-state index >= 15 is 0 Å². The molecule has 0 saturated heterocycles. The van der Waals surface area contributed by atoms with Crippen molar-refractivity contribution in [1.82, 2.24) is 5.32 Å². The number of benzene rings is 2. The van der Waals surface area contributed by atoms with Gasteiger partial charge in [-0.25, -0.2) is 9.59 Å². The predicted octanol–water partition coefficient (Wildman–Crippen LogP) is 4.22. The van der Waals surface area contributed by atoms with Crippen LogP contribution < -0.4 is 5.32 Å². The molecule has 172 valence electrons. The molecule has 0 atom stereocenters. The van der Waals surface area contributed by atoms with Crippen LogP contribution in [0.5, 0.6) is 0 Å². The van der Waals surface area contributed by atoms with Crippen molar-refractivity contribution in [2.24, 2.45) is 0 Å². The molecule has 0 radical (unpaired) electrons. The molecule has 0 aliphatic heterocycles. The molecule has 0 aliphatic rings. The summed E-state index contributed by atoms with van der Waals surface area (Å²) in [6, 6.07) is 15.6. The lowest BCUT2D eigenvalue weighted by Crippen LogP contribution is -2.62. The van der Waals surface area contributed by atoms with Crippen LogP contribution in [0, 0.1) is 0 Å². The Morgan fingerprint density at radius 1 is 0.875 bits per heavy atom. The number of halogens is 1. The molecule has 0 spiro atoms. The molecule has 2 rings (SSSR count). The van der Waals surface area contributed by atoms with Crippen molar-refractivity contribution < 1.29 is 23.9 Å². The lowest BCUT2D eigenvalue weighted by atomic mass is 9.85. The average Bonchev–Trinajstić information content (AvgIpc) is 2.77. The van der Waals surface area contributed by atoms with Gasteiger partial charge < -0.3 is 14.8 Å². The fraction of sp³-hybridized carbons (Fsp3) is 0.400. The number of carbonyl (C=O) groups excluding carboxylic acids is 3. The Morgan fingerprint density at radius 3 is 1.88 bits per heavy atom. The largest absolute Gasteiger partial charge is 0.464 e. The van der Waals surface area contributed by atoms with Crippen molar-refractivity contribution in [3.05, 3.63) is 59.7 Å². The number of rotatable bonds is 11. The molecule has 0 saturated carbocycles. The minimum Gasteiger partial charge on any atom is -0.464 e. The molecule has 0 fully saturated rings. The summed E-state index contributed by atoms with van der Waals surface area (Å²) in [5.41, 5.74) is 1.83. The molecule has 32 heavy (non-hydrogen) atoms. The van der Waals surface area contributed by atoms with E-state index in [4.69, 9.17) is 9.47 Å². The van der Waals surface area contributed by atoms with Gasteiger partial charge in [-0.15, -0.1) is 0 Å².